The van der Waals surface area contributed by atoms with Gasteiger partial charge in [-0.25, -0.2) is 0 Å². The topological polar surface area (TPSA) is 34.1 Å². The zero-order valence-electron chi connectivity index (χ0n) is 1.22. The van der Waals surface area contributed by atoms with Crippen molar-refractivity contribution >= 4 is 114 Å². The van der Waals surface area contributed by atoms with Gasteiger partial charge < -0.3 is 0 Å². The molecule has 0 aliphatic rings. The first kappa shape index (κ1) is 15.7. The Morgan fingerprint density at radius 1 is 1.00 bits per heavy atom. The summed E-state index contributed by atoms with van der Waals surface area (Å²) in [7, 11) is 0. The van der Waals surface area contributed by atoms with E-state index in [0.29, 0.717) is 0 Å². The predicted octanol–water partition coefficient (Wildman–Crippen LogP) is -1.97. The molecule has 0 bridgehead atoms. The molecule has 0 aliphatic carbocycles. The fourth-order valence-electron chi connectivity index (χ4n) is 0. The van der Waals surface area contributed by atoms with Gasteiger partial charge in [0.15, 0.2) is 0 Å². The monoisotopic (exact) mass is 144 g/mol. The van der Waals surface area contributed by atoms with Crippen molar-refractivity contribution in [3.63, 3.8) is 0 Å². The van der Waals surface area contributed by atoms with E-state index < -0.39 is 11.6 Å². The fraction of sp³-hybridized carbons (Fsp3) is 0. The quantitative estimate of drug-likeness (QED) is 0.370. The molecule has 0 atom stereocenters. The Kier molecular flexibility index (Phi) is 49.3. The van der Waals surface area contributed by atoms with Crippen LogP contribution in [0.3, 0.4) is 0 Å². The molecule has 0 saturated heterocycles. The minimum absolute atomic E-state index is 0. The first-order chi connectivity index (χ1) is 1.41. The van der Waals surface area contributed by atoms with Gasteiger partial charge in [0.1, 0.15) is 0 Å². The predicted molar refractivity (Wildman–Crippen MR) is 23.2 cm³/mol. The van der Waals surface area contributed by atoms with Crippen molar-refractivity contribution in [3.05, 3.63) is 0 Å². The third-order valence-electron chi connectivity index (χ3n) is 0. The molecule has 0 heterocycles. The minimum atomic E-state index is -0.750. The van der Waals surface area contributed by atoms with E-state index in [-0.39, 0.29) is 103 Å². The molecule has 0 unspecified atom stereocenters. The van der Waals surface area contributed by atoms with Crippen LogP contribution >= 0.6 is 0 Å². The van der Waals surface area contributed by atoms with E-state index in [1.165, 1.54) is 0 Å². The number of rotatable bonds is 0. The van der Waals surface area contributed by atoms with Gasteiger partial charge in [-0.2, -0.15) is 8.42 Å². The molecule has 5 heteroatoms. The van der Waals surface area contributed by atoms with E-state index in [1.807, 2.05) is 0 Å². The molecule has 0 aromatic heterocycles. The van der Waals surface area contributed by atoms with Crippen LogP contribution in [-0.2, 0) is 11.6 Å². The van der Waals surface area contributed by atoms with Gasteiger partial charge >= 0.3 is 114 Å². The van der Waals surface area contributed by atoms with E-state index in [4.69, 9.17) is 8.42 Å². The average molecular weight is 144 g/mol. The molecular formula is H2K2O2S. The Bertz CT molecular complexity index is 28.6. The van der Waals surface area contributed by atoms with E-state index in [2.05, 4.69) is 0 Å². The molecule has 0 radical (unpaired) electrons. The molecule has 2 nitrogen and oxygen atoms in total. The summed E-state index contributed by atoms with van der Waals surface area (Å²) in [6, 6.07) is 0. The Morgan fingerprint density at radius 3 is 1.00 bits per heavy atom. The van der Waals surface area contributed by atoms with Gasteiger partial charge in [-0.05, 0) is 0 Å². The molecule has 0 rings (SSSR count). The van der Waals surface area contributed by atoms with Crippen LogP contribution in [0.25, 0.3) is 0 Å². The second kappa shape index (κ2) is 15.7. The standard InChI is InChI=1S/2K.O2S.2H/c;;1-3-2;;. The number of hydrogen-bond acceptors (Lipinski definition) is 2. The van der Waals surface area contributed by atoms with Crippen LogP contribution in [0.2, 0.25) is 0 Å². The van der Waals surface area contributed by atoms with Crippen molar-refractivity contribution in [2.45, 2.75) is 0 Å². The van der Waals surface area contributed by atoms with Crippen molar-refractivity contribution in [2.24, 2.45) is 0 Å². The molecule has 0 N–H and O–H groups in total. The Morgan fingerprint density at radius 2 is 1.00 bits per heavy atom. The summed E-state index contributed by atoms with van der Waals surface area (Å²) < 4.78 is 16.6. The summed E-state index contributed by atoms with van der Waals surface area (Å²) in [6.07, 6.45) is 0. The van der Waals surface area contributed by atoms with Gasteiger partial charge in [-0.3, -0.25) is 0 Å². The maximum absolute atomic E-state index is 8.29. The first-order valence-electron chi connectivity index (χ1n) is 0.333. The molecule has 0 spiro atoms. The molecule has 5 heavy (non-hydrogen) atoms. The SMILES string of the molecule is O=S=O.[KH].[KH]. The van der Waals surface area contributed by atoms with E-state index >= 15 is 0 Å². The molecule has 22 valence electrons. The van der Waals surface area contributed by atoms with E-state index in [9.17, 15) is 0 Å². The third kappa shape index (κ3) is 19.2. The van der Waals surface area contributed by atoms with Crippen LogP contribution in [-0.4, -0.2) is 111 Å². The second-order valence-corrected chi connectivity index (χ2v) is 0.204. The summed E-state index contributed by atoms with van der Waals surface area (Å²) in [4.78, 5) is 0. The first-order valence-corrected chi connectivity index (χ1v) is 1.00. The van der Waals surface area contributed by atoms with E-state index in [1.54, 1.807) is 0 Å². The normalized spacial score (nSPS) is 2.40. The Labute approximate surface area is 119 Å². The van der Waals surface area contributed by atoms with Gasteiger partial charge in [-0.1, -0.05) is 0 Å². The molecule has 0 amide bonds. The van der Waals surface area contributed by atoms with Crippen LogP contribution < -0.4 is 0 Å². The molecule has 0 saturated carbocycles. The molecule has 0 aliphatic heterocycles. The summed E-state index contributed by atoms with van der Waals surface area (Å²) in [5.74, 6) is 0. The summed E-state index contributed by atoms with van der Waals surface area (Å²) >= 11 is -0.750. The molecular weight excluding hydrogens is 142 g/mol. The zero-order chi connectivity index (χ0) is 2.71. The van der Waals surface area contributed by atoms with Crippen LogP contribution in [0.5, 0.6) is 0 Å². The Balaban J connectivity index is -0.0000000200. The maximum atomic E-state index is 8.29. The van der Waals surface area contributed by atoms with Gasteiger partial charge in [0.2, 0.25) is 0 Å². The van der Waals surface area contributed by atoms with Crippen molar-refractivity contribution in [3.8, 4) is 0 Å². The summed E-state index contributed by atoms with van der Waals surface area (Å²) in [5.41, 5.74) is 0. The average Bonchev–Trinajstić information content (AvgIpc) is 0.918. The van der Waals surface area contributed by atoms with Crippen LogP contribution in [0, 0.1) is 0 Å². The molecule has 0 aromatic rings. The van der Waals surface area contributed by atoms with Crippen molar-refractivity contribution in [2.75, 3.05) is 0 Å². The van der Waals surface area contributed by atoms with E-state index in [0.717, 1.165) is 0 Å². The van der Waals surface area contributed by atoms with Crippen LogP contribution in [0.1, 0.15) is 0 Å². The third-order valence-corrected chi connectivity index (χ3v) is 0. The number of hydrogen-bond donors (Lipinski definition) is 0. The molecule has 0 aromatic carbocycles. The zero-order valence-corrected chi connectivity index (χ0v) is 2.04. The van der Waals surface area contributed by atoms with Crippen molar-refractivity contribution < 1.29 is 8.42 Å². The summed E-state index contributed by atoms with van der Waals surface area (Å²) in [6.45, 7) is 0. The second-order valence-electron chi connectivity index (χ2n) is 0.0680. The Hall–Kier alpha value is 3.09. The van der Waals surface area contributed by atoms with Crippen LogP contribution in [0.15, 0.2) is 0 Å². The summed E-state index contributed by atoms with van der Waals surface area (Å²) in [5, 5.41) is 0. The van der Waals surface area contributed by atoms with Gasteiger partial charge in [-0.15, -0.1) is 0 Å². The molecule has 0 fully saturated rings. The van der Waals surface area contributed by atoms with Crippen molar-refractivity contribution in [1.82, 2.24) is 0 Å². The van der Waals surface area contributed by atoms with Gasteiger partial charge in [0.25, 0.3) is 0 Å². The fourth-order valence-corrected chi connectivity index (χ4v) is 0. The van der Waals surface area contributed by atoms with Crippen LogP contribution in [0.4, 0.5) is 0 Å². The van der Waals surface area contributed by atoms with Gasteiger partial charge in [0.05, 0.1) is 0 Å². The van der Waals surface area contributed by atoms with Gasteiger partial charge in [0, 0.05) is 0 Å². The van der Waals surface area contributed by atoms with Crippen molar-refractivity contribution in [1.29, 1.82) is 0 Å².